The summed E-state index contributed by atoms with van der Waals surface area (Å²) < 4.78 is 10.2. The van der Waals surface area contributed by atoms with Crippen molar-refractivity contribution >= 4 is 34.9 Å². The normalized spacial score (nSPS) is 11.3. The van der Waals surface area contributed by atoms with Gasteiger partial charge in [-0.25, -0.2) is 4.79 Å². The van der Waals surface area contributed by atoms with E-state index in [-0.39, 0.29) is 23.0 Å². The van der Waals surface area contributed by atoms with Gasteiger partial charge in [0.2, 0.25) is 0 Å². The molecule has 2 rings (SSSR count). The molecule has 1 N–H and O–H groups in total. The monoisotopic (exact) mass is 378 g/mol. The van der Waals surface area contributed by atoms with Crippen LogP contribution >= 0.6 is 11.6 Å². The summed E-state index contributed by atoms with van der Waals surface area (Å²) >= 11 is 5.91. The van der Waals surface area contributed by atoms with Crippen LogP contribution in [0, 0.1) is 10.1 Å². The van der Waals surface area contributed by atoms with Crippen molar-refractivity contribution in [1.29, 1.82) is 0 Å². The fourth-order valence-corrected chi connectivity index (χ4v) is 2.07. The average Bonchev–Trinajstić information content (AvgIpc) is 2.62. The molecule has 0 heterocycles. The number of benzene rings is 2. The minimum absolute atomic E-state index is 0.0503. The molecule has 0 spiro atoms. The van der Waals surface area contributed by atoms with Crippen molar-refractivity contribution in [2.45, 2.75) is 13.0 Å². The van der Waals surface area contributed by atoms with E-state index in [1.807, 2.05) is 0 Å². The number of ether oxygens (including phenoxy) is 2. The fraction of sp³-hybridized carbons (Fsp3) is 0.176. The molecule has 8 nitrogen and oxygen atoms in total. The summed E-state index contributed by atoms with van der Waals surface area (Å²) in [6.07, 6.45) is -1.14. The first-order valence-corrected chi connectivity index (χ1v) is 7.86. The van der Waals surface area contributed by atoms with Crippen LogP contribution in [0.15, 0.2) is 48.5 Å². The van der Waals surface area contributed by atoms with Gasteiger partial charge in [0.25, 0.3) is 11.6 Å². The SMILES string of the molecule is C[C@H](OC(=O)COc1ccccc1)C(=O)Nc1cc([N+](=O)[O-])ccc1Cl. The summed E-state index contributed by atoms with van der Waals surface area (Å²) in [7, 11) is 0. The number of nitrogens with zero attached hydrogens (tertiary/aromatic N) is 1. The molecule has 136 valence electrons. The molecule has 2 aromatic carbocycles. The Morgan fingerprint density at radius 3 is 2.58 bits per heavy atom. The van der Waals surface area contributed by atoms with Crippen LogP contribution in [0.3, 0.4) is 0 Å². The first-order chi connectivity index (χ1) is 12.4. The molecule has 0 radical (unpaired) electrons. The van der Waals surface area contributed by atoms with Gasteiger partial charge in [0.15, 0.2) is 12.7 Å². The molecule has 0 aliphatic rings. The van der Waals surface area contributed by atoms with Crippen molar-refractivity contribution in [3.63, 3.8) is 0 Å². The first-order valence-electron chi connectivity index (χ1n) is 7.49. The van der Waals surface area contributed by atoms with E-state index in [4.69, 9.17) is 21.1 Å². The molecule has 2 aromatic rings. The van der Waals surface area contributed by atoms with Gasteiger partial charge in [0, 0.05) is 12.1 Å². The van der Waals surface area contributed by atoms with E-state index >= 15 is 0 Å². The van der Waals surface area contributed by atoms with Gasteiger partial charge in [-0.2, -0.15) is 0 Å². The number of non-ortho nitro benzene ring substituents is 1. The number of nitro groups is 1. The molecule has 1 atom stereocenters. The highest BCUT2D eigenvalue weighted by atomic mass is 35.5. The molecule has 0 aliphatic heterocycles. The third kappa shape index (κ3) is 5.45. The van der Waals surface area contributed by atoms with Gasteiger partial charge in [-0.05, 0) is 25.1 Å². The summed E-state index contributed by atoms with van der Waals surface area (Å²) in [6, 6.07) is 12.3. The maximum atomic E-state index is 12.1. The van der Waals surface area contributed by atoms with Crippen LogP contribution in [0.2, 0.25) is 5.02 Å². The number of anilines is 1. The number of halogens is 1. The number of esters is 1. The van der Waals surface area contributed by atoms with Crippen LogP contribution in [-0.4, -0.2) is 29.5 Å². The summed E-state index contributed by atoms with van der Waals surface area (Å²) in [6.45, 7) is 1.00. The summed E-state index contributed by atoms with van der Waals surface area (Å²) in [5.41, 5.74) is -0.181. The Bertz CT molecular complexity index is 812. The van der Waals surface area contributed by atoms with E-state index in [0.717, 1.165) is 6.07 Å². The molecule has 0 bridgehead atoms. The van der Waals surface area contributed by atoms with Gasteiger partial charge < -0.3 is 14.8 Å². The van der Waals surface area contributed by atoms with Crippen LogP contribution in [0.1, 0.15) is 6.92 Å². The second-order valence-electron chi connectivity index (χ2n) is 5.14. The maximum absolute atomic E-state index is 12.1. The second-order valence-corrected chi connectivity index (χ2v) is 5.55. The minimum Gasteiger partial charge on any atom is -0.482 e. The molecule has 0 aromatic heterocycles. The number of carbonyl (C=O) groups excluding carboxylic acids is 2. The van der Waals surface area contributed by atoms with Gasteiger partial charge in [0.1, 0.15) is 5.75 Å². The number of rotatable bonds is 7. The van der Waals surface area contributed by atoms with E-state index in [0.29, 0.717) is 5.75 Å². The first kappa shape index (κ1) is 19.2. The predicted molar refractivity (Wildman–Crippen MR) is 94.2 cm³/mol. The third-order valence-electron chi connectivity index (χ3n) is 3.20. The molecule has 0 aliphatic carbocycles. The van der Waals surface area contributed by atoms with Crippen LogP contribution in [-0.2, 0) is 14.3 Å². The molecule has 0 saturated heterocycles. The second kappa shape index (κ2) is 8.82. The lowest BCUT2D eigenvalue weighted by molar-refractivity contribution is -0.384. The number of hydrogen-bond acceptors (Lipinski definition) is 6. The molecule has 0 saturated carbocycles. The standard InChI is InChI=1S/C17H15ClN2O6/c1-11(26-16(21)10-25-13-5-3-2-4-6-13)17(22)19-15-9-12(20(23)24)7-8-14(15)18/h2-9,11H,10H2,1H3,(H,19,22)/t11-/m0/s1. The van der Waals surface area contributed by atoms with Gasteiger partial charge >= 0.3 is 5.97 Å². The van der Waals surface area contributed by atoms with E-state index in [9.17, 15) is 19.7 Å². The molecular weight excluding hydrogens is 364 g/mol. The lowest BCUT2D eigenvalue weighted by atomic mass is 10.2. The van der Waals surface area contributed by atoms with Crippen molar-refractivity contribution in [3.05, 3.63) is 63.7 Å². The van der Waals surface area contributed by atoms with Crippen molar-refractivity contribution in [1.82, 2.24) is 0 Å². The van der Waals surface area contributed by atoms with E-state index in [1.165, 1.54) is 19.1 Å². The largest absolute Gasteiger partial charge is 0.482 e. The Labute approximate surface area is 153 Å². The third-order valence-corrected chi connectivity index (χ3v) is 3.53. The zero-order chi connectivity index (χ0) is 19.1. The van der Waals surface area contributed by atoms with Crippen LogP contribution < -0.4 is 10.1 Å². The maximum Gasteiger partial charge on any atom is 0.344 e. The van der Waals surface area contributed by atoms with Gasteiger partial charge in [-0.15, -0.1) is 0 Å². The zero-order valence-corrected chi connectivity index (χ0v) is 14.4. The van der Waals surface area contributed by atoms with Gasteiger partial charge in [0.05, 0.1) is 15.6 Å². The van der Waals surface area contributed by atoms with E-state index in [2.05, 4.69) is 5.32 Å². The topological polar surface area (TPSA) is 108 Å². The van der Waals surface area contributed by atoms with E-state index < -0.39 is 22.9 Å². The highest BCUT2D eigenvalue weighted by molar-refractivity contribution is 6.33. The van der Waals surface area contributed by atoms with E-state index in [1.54, 1.807) is 30.3 Å². The lowest BCUT2D eigenvalue weighted by Crippen LogP contribution is -2.31. The van der Waals surface area contributed by atoms with Crippen molar-refractivity contribution in [3.8, 4) is 5.75 Å². The summed E-state index contributed by atoms with van der Waals surface area (Å²) in [5, 5.41) is 13.3. The summed E-state index contributed by atoms with van der Waals surface area (Å²) in [5.74, 6) is -0.924. The number of hydrogen-bond donors (Lipinski definition) is 1. The van der Waals surface area contributed by atoms with Crippen molar-refractivity contribution in [2.75, 3.05) is 11.9 Å². The Morgan fingerprint density at radius 2 is 1.92 bits per heavy atom. The van der Waals surface area contributed by atoms with Crippen LogP contribution in [0.4, 0.5) is 11.4 Å². The predicted octanol–water partition coefficient (Wildman–Crippen LogP) is 3.20. The Hall–Kier alpha value is -3.13. The van der Waals surface area contributed by atoms with Crippen LogP contribution in [0.25, 0.3) is 0 Å². The Morgan fingerprint density at radius 1 is 1.23 bits per heavy atom. The summed E-state index contributed by atoms with van der Waals surface area (Å²) in [4.78, 5) is 34.0. The molecule has 0 unspecified atom stereocenters. The molecule has 1 amide bonds. The highest BCUT2D eigenvalue weighted by Crippen LogP contribution is 2.26. The molecule has 0 fully saturated rings. The minimum atomic E-state index is -1.14. The number of para-hydroxylation sites is 1. The number of nitrogens with one attached hydrogen (secondary N) is 1. The Balaban J connectivity index is 1.90. The van der Waals surface area contributed by atoms with Gasteiger partial charge in [-0.3, -0.25) is 14.9 Å². The van der Waals surface area contributed by atoms with Crippen molar-refractivity contribution < 1.29 is 24.0 Å². The highest BCUT2D eigenvalue weighted by Gasteiger charge is 2.20. The smallest absolute Gasteiger partial charge is 0.344 e. The number of nitro benzene ring substituents is 1. The molecule has 9 heteroatoms. The zero-order valence-electron chi connectivity index (χ0n) is 13.7. The lowest BCUT2D eigenvalue weighted by Gasteiger charge is -2.14. The van der Waals surface area contributed by atoms with Crippen LogP contribution in [0.5, 0.6) is 5.75 Å². The van der Waals surface area contributed by atoms with Crippen molar-refractivity contribution in [2.24, 2.45) is 0 Å². The molecular formula is C17H15ClN2O6. The fourth-order valence-electron chi connectivity index (χ4n) is 1.90. The van der Waals surface area contributed by atoms with Gasteiger partial charge in [-0.1, -0.05) is 29.8 Å². The number of amides is 1. The number of carbonyl (C=O) groups is 2. The average molecular weight is 379 g/mol. The Kier molecular flexibility index (Phi) is 6.51. The molecule has 26 heavy (non-hydrogen) atoms. The quantitative estimate of drug-likeness (QED) is 0.450.